The predicted molar refractivity (Wildman–Crippen MR) is 68.9 cm³/mol. The van der Waals surface area contributed by atoms with Gasteiger partial charge >= 0.3 is 0 Å². The van der Waals surface area contributed by atoms with Crippen LogP contribution >= 0.6 is 11.6 Å². The first-order valence-electron chi connectivity index (χ1n) is 6.30. The molecule has 0 saturated heterocycles. The first-order valence-corrected chi connectivity index (χ1v) is 6.68. The fourth-order valence-corrected chi connectivity index (χ4v) is 3.57. The van der Waals surface area contributed by atoms with Crippen LogP contribution in [0.3, 0.4) is 0 Å². The Morgan fingerprint density at radius 3 is 2.83 bits per heavy atom. The van der Waals surface area contributed by atoms with Gasteiger partial charge in [-0.05, 0) is 25.0 Å². The van der Waals surface area contributed by atoms with Crippen molar-refractivity contribution in [3.8, 4) is 5.75 Å². The summed E-state index contributed by atoms with van der Waals surface area (Å²) < 4.78 is 5.58. The van der Waals surface area contributed by atoms with Gasteiger partial charge in [-0.25, -0.2) is 4.79 Å². The maximum Gasteiger partial charge on any atom is 0.235 e. The lowest BCUT2D eigenvalue weighted by Crippen LogP contribution is -2.21. The third-order valence-corrected chi connectivity index (χ3v) is 4.30. The summed E-state index contributed by atoms with van der Waals surface area (Å²) in [4.78, 5) is 14.9. The molecule has 0 N–H and O–H groups in total. The topological polar surface area (TPSA) is 38.7 Å². The molecule has 0 bridgehead atoms. The van der Waals surface area contributed by atoms with E-state index in [0.29, 0.717) is 11.6 Å². The molecule has 3 nitrogen and oxygen atoms in total. The number of carbonyl (C=O) groups excluding carboxylic acids is 1. The summed E-state index contributed by atoms with van der Waals surface area (Å²) in [6.45, 7) is 0.684. The Morgan fingerprint density at radius 1 is 1.33 bits per heavy atom. The van der Waals surface area contributed by atoms with Crippen LogP contribution < -0.4 is 4.74 Å². The number of hydrogen-bond donors (Lipinski definition) is 0. The molecule has 1 heterocycles. The number of fused-ring (bicyclic) bond motifs is 1. The average Bonchev–Trinajstić information content (AvgIpc) is 2.98. The molecule has 18 heavy (non-hydrogen) atoms. The van der Waals surface area contributed by atoms with E-state index in [9.17, 15) is 4.79 Å². The van der Waals surface area contributed by atoms with E-state index >= 15 is 0 Å². The van der Waals surface area contributed by atoms with E-state index < -0.39 is 5.54 Å². The number of aliphatic imine (C=N–C) groups is 1. The molecule has 1 aliphatic heterocycles. The molecule has 0 atom stereocenters. The highest BCUT2D eigenvalue weighted by atomic mass is 35.5. The van der Waals surface area contributed by atoms with Crippen LogP contribution in [0.5, 0.6) is 5.75 Å². The van der Waals surface area contributed by atoms with Crippen LogP contribution in [0, 0.1) is 0 Å². The summed E-state index contributed by atoms with van der Waals surface area (Å²) in [6.07, 6.45) is 6.49. The minimum absolute atomic E-state index is 0.460. The summed E-state index contributed by atoms with van der Waals surface area (Å²) in [7, 11) is 0. The Labute approximate surface area is 111 Å². The Morgan fingerprint density at radius 2 is 2.11 bits per heavy atom. The van der Waals surface area contributed by atoms with Gasteiger partial charge in [0.15, 0.2) is 0 Å². The molecule has 0 aromatic heterocycles. The van der Waals surface area contributed by atoms with Gasteiger partial charge in [0.2, 0.25) is 6.08 Å². The van der Waals surface area contributed by atoms with E-state index in [1.165, 1.54) is 0 Å². The van der Waals surface area contributed by atoms with Crippen molar-refractivity contribution in [3.05, 3.63) is 28.3 Å². The number of hydrogen-bond acceptors (Lipinski definition) is 3. The summed E-state index contributed by atoms with van der Waals surface area (Å²) in [6, 6.07) is 3.75. The minimum atomic E-state index is -0.460. The molecule has 1 aliphatic carbocycles. The van der Waals surface area contributed by atoms with E-state index in [1.54, 1.807) is 6.08 Å². The Hall–Kier alpha value is -1.31. The van der Waals surface area contributed by atoms with Crippen molar-refractivity contribution in [2.24, 2.45) is 4.99 Å². The second-order valence-corrected chi connectivity index (χ2v) is 5.35. The number of nitrogens with zero attached hydrogens (tertiary/aromatic N) is 1. The summed E-state index contributed by atoms with van der Waals surface area (Å²) in [5.41, 5.74) is 1.67. The lowest BCUT2D eigenvalue weighted by molar-refractivity contribution is 0.357. The quantitative estimate of drug-likeness (QED) is 0.606. The molecule has 0 radical (unpaired) electrons. The number of benzene rings is 1. The van der Waals surface area contributed by atoms with Gasteiger partial charge in [0.05, 0.1) is 6.61 Å². The maximum absolute atomic E-state index is 10.8. The van der Waals surface area contributed by atoms with Gasteiger partial charge in [0.1, 0.15) is 11.3 Å². The summed E-state index contributed by atoms with van der Waals surface area (Å²) >= 11 is 6.37. The molecule has 0 spiro atoms. The summed E-state index contributed by atoms with van der Waals surface area (Å²) in [5, 5.41) is 0.695. The predicted octanol–water partition coefficient (Wildman–Crippen LogP) is 3.38. The fraction of sp³-hybridized carbons (Fsp3) is 0.500. The number of halogens is 1. The van der Waals surface area contributed by atoms with Crippen molar-refractivity contribution in [2.45, 2.75) is 37.6 Å². The maximum atomic E-state index is 10.8. The van der Waals surface area contributed by atoms with Gasteiger partial charge in [-0.1, -0.05) is 24.4 Å². The second kappa shape index (κ2) is 4.42. The molecular weight excluding hydrogens is 250 g/mol. The van der Waals surface area contributed by atoms with Gasteiger partial charge in [0, 0.05) is 22.6 Å². The number of rotatable bonds is 2. The lowest BCUT2D eigenvalue weighted by atomic mass is 9.84. The molecule has 0 amide bonds. The largest absolute Gasteiger partial charge is 0.493 e. The molecule has 1 aromatic carbocycles. The SMILES string of the molecule is O=C=NC1(c2c(Cl)ccc3c2CCO3)CCCC1. The average molecular weight is 264 g/mol. The van der Waals surface area contributed by atoms with Gasteiger partial charge in [-0.2, -0.15) is 4.99 Å². The van der Waals surface area contributed by atoms with Crippen molar-refractivity contribution in [1.82, 2.24) is 0 Å². The molecule has 4 heteroatoms. The van der Waals surface area contributed by atoms with Crippen LogP contribution in [0.25, 0.3) is 0 Å². The molecule has 3 rings (SSSR count). The van der Waals surface area contributed by atoms with Gasteiger partial charge < -0.3 is 4.74 Å². The zero-order valence-electron chi connectivity index (χ0n) is 10.0. The molecule has 1 saturated carbocycles. The normalized spacial score (nSPS) is 20.1. The van der Waals surface area contributed by atoms with E-state index in [2.05, 4.69) is 4.99 Å². The fourth-order valence-electron chi connectivity index (χ4n) is 3.21. The first-order chi connectivity index (χ1) is 8.77. The third-order valence-electron chi connectivity index (χ3n) is 3.98. The molecular formula is C14H14ClNO2. The van der Waals surface area contributed by atoms with Crippen molar-refractivity contribution in [3.63, 3.8) is 0 Å². The highest BCUT2D eigenvalue weighted by Crippen LogP contribution is 2.49. The van der Waals surface area contributed by atoms with Gasteiger partial charge in [0.25, 0.3) is 0 Å². The van der Waals surface area contributed by atoms with Gasteiger partial charge in [-0.15, -0.1) is 0 Å². The number of isocyanates is 1. The number of ether oxygens (including phenoxy) is 1. The lowest BCUT2D eigenvalue weighted by Gasteiger charge is -2.26. The van der Waals surface area contributed by atoms with Crippen LogP contribution in [-0.4, -0.2) is 12.7 Å². The van der Waals surface area contributed by atoms with Crippen LogP contribution in [-0.2, 0) is 16.8 Å². The zero-order valence-corrected chi connectivity index (χ0v) is 10.8. The van der Waals surface area contributed by atoms with Crippen molar-refractivity contribution in [2.75, 3.05) is 6.61 Å². The molecule has 1 fully saturated rings. The summed E-state index contributed by atoms with van der Waals surface area (Å²) in [5.74, 6) is 0.891. The van der Waals surface area contributed by atoms with E-state index in [-0.39, 0.29) is 0 Å². The second-order valence-electron chi connectivity index (χ2n) is 4.94. The monoisotopic (exact) mass is 263 g/mol. The standard InChI is InChI=1S/C14H14ClNO2/c15-11-3-4-12-10(5-8-18-12)13(11)14(16-9-17)6-1-2-7-14/h3-4H,1-2,5-8H2. The third kappa shape index (κ3) is 1.66. The van der Waals surface area contributed by atoms with Crippen LogP contribution in [0.2, 0.25) is 5.02 Å². The highest BCUT2D eigenvalue weighted by Gasteiger charge is 2.40. The van der Waals surface area contributed by atoms with Crippen LogP contribution in [0.1, 0.15) is 36.8 Å². The Kier molecular flexibility index (Phi) is 2.89. The first kappa shape index (κ1) is 11.8. The molecule has 1 aromatic rings. The molecule has 0 unspecified atom stereocenters. The van der Waals surface area contributed by atoms with Crippen molar-refractivity contribution < 1.29 is 9.53 Å². The van der Waals surface area contributed by atoms with Crippen molar-refractivity contribution in [1.29, 1.82) is 0 Å². The smallest absolute Gasteiger partial charge is 0.235 e. The van der Waals surface area contributed by atoms with E-state index in [4.69, 9.17) is 16.3 Å². The molecule has 94 valence electrons. The van der Waals surface area contributed by atoms with E-state index in [1.807, 2.05) is 12.1 Å². The minimum Gasteiger partial charge on any atom is -0.493 e. The zero-order chi connectivity index (χ0) is 12.6. The Balaban J connectivity index is 2.21. The van der Waals surface area contributed by atoms with Crippen molar-refractivity contribution >= 4 is 17.7 Å². The van der Waals surface area contributed by atoms with Gasteiger partial charge in [-0.3, -0.25) is 0 Å². The Bertz CT molecular complexity index is 529. The van der Waals surface area contributed by atoms with Crippen LogP contribution in [0.4, 0.5) is 0 Å². The van der Waals surface area contributed by atoms with E-state index in [0.717, 1.165) is 49.0 Å². The van der Waals surface area contributed by atoms with Crippen LogP contribution in [0.15, 0.2) is 17.1 Å². The highest BCUT2D eigenvalue weighted by molar-refractivity contribution is 6.31. The molecule has 2 aliphatic rings.